The molecule has 2 atom stereocenters. The Balaban J connectivity index is 1.76. The first-order valence-electron chi connectivity index (χ1n) is 7.08. The van der Waals surface area contributed by atoms with E-state index in [4.69, 9.17) is 9.47 Å². The van der Waals surface area contributed by atoms with Crippen LogP contribution in [0.3, 0.4) is 0 Å². The quantitative estimate of drug-likeness (QED) is 0.875. The second-order valence-corrected chi connectivity index (χ2v) is 5.50. The molecule has 5 heteroatoms. The summed E-state index contributed by atoms with van der Waals surface area (Å²) in [6.45, 7) is 5.99. The standard InChI is InChI=1S/C14H21N3O2/c1-9-5-11(6-10(2)18-9)19-14-12-7-15-4-3-13(12)16-8-17-14/h8-11,15H,3-7H2,1-2H3. The Morgan fingerprint density at radius 2 is 2.05 bits per heavy atom. The van der Waals surface area contributed by atoms with E-state index in [-0.39, 0.29) is 18.3 Å². The molecule has 1 fully saturated rings. The van der Waals surface area contributed by atoms with Crippen LogP contribution in [-0.2, 0) is 17.7 Å². The maximum atomic E-state index is 6.12. The topological polar surface area (TPSA) is 56.3 Å². The summed E-state index contributed by atoms with van der Waals surface area (Å²) in [6, 6.07) is 0. The summed E-state index contributed by atoms with van der Waals surface area (Å²) in [6.07, 6.45) is 5.13. The zero-order valence-corrected chi connectivity index (χ0v) is 11.6. The van der Waals surface area contributed by atoms with Crippen molar-refractivity contribution in [3.05, 3.63) is 17.6 Å². The van der Waals surface area contributed by atoms with Crippen molar-refractivity contribution in [2.45, 2.75) is 58.0 Å². The third-order valence-corrected chi connectivity index (χ3v) is 3.77. The molecular formula is C14H21N3O2. The molecular weight excluding hydrogens is 242 g/mol. The highest BCUT2D eigenvalue weighted by Crippen LogP contribution is 2.27. The first-order valence-corrected chi connectivity index (χ1v) is 7.08. The molecule has 104 valence electrons. The fraction of sp³-hybridized carbons (Fsp3) is 0.714. The van der Waals surface area contributed by atoms with Crippen molar-refractivity contribution < 1.29 is 9.47 Å². The zero-order valence-electron chi connectivity index (χ0n) is 11.6. The van der Waals surface area contributed by atoms with E-state index in [0.717, 1.165) is 49.5 Å². The van der Waals surface area contributed by atoms with E-state index >= 15 is 0 Å². The molecule has 1 aromatic rings. The lowest BCUT2D eigenvalue weighted by molar-refractivity contribution is -0.0732. The average molecular weight is 263 g/mol. The molecule has 1 saturated heterocycles. The Morgan fingerprint density at radius 1 is 1.26 bits per heavy atom. The van der Waals surface area contributed by atoms with E-state index in [2.05, 4.69) is 29.1 Å². The molecule has 3 rings (SSSR count). The Morgan fingerprint density at radius 3 is 2.84 bits per heavy atom. The van der Waals surface area contributed by atoms with Gasteiger partial charge in [0.25, 0.3) is 0 Å². The van der Waals surface area contributed by atoms with Gasteiger partial charge in [0, 0.05) is 37.9 Å². The van der Waals surface area contributed by atoms with Gasteiger partial charge in [-0.15, -0.1) is 0 Å². The smallest absolute Gasteiger partial charge is 0.221 e. The van der Waals surface area contributed by atoms with E-state index in [1.807, 2.05) is 0 Å². The summed E-state index contributed by atoms with van der Waals surface area (Å²) < 4.78 is 11.9. The fourth-order valence-electron chi connectivity index (χ4n) is 2.94. The predicted molar refractivity (Wildman–Crippen MR) is 71.1 cm³/mol. The van der Waals surface area contributed by atoms with E-state index in [1.54, 1.807) is 6.33 Å². The summed E-state index contributed by atoms with van der Waals surface area (Å²) in [4.78, 5) is 8.67. The van der Waals surface area contributed by atoms with Crippen LogP contribution in [0.2, 0.25) is 0 Å². The Labute approximate surface area is 113 Å². The van der Waals surface area contributed by atoms with Gasteiger partial charge in [0.1, 0.15) is 12.4 Å². The van der Waals surface area contributed by atoms with E-state index in [0.29, 0.717) is 0 Å². The zero-order chi connectivity index (χ0) is 13.2. The molecule has 2 aliphatic heterocycles. The molecule has 2 aliphatic rings. The monoisotopic (exact) mass is 263 g/mol. The number of nitrogens with one attached hydrogen (secondary N) is 1. The maximum Gasteiger partial charge on any atom is 0.221 e. The molecule has 5 nitrogen and oxygen atoms in total. The number of fused-ring (bicyclic) bond motifs is 1. The van der Waals surface area contributed by atoms with Crippen molar-refractivity contribution in [3.63, 3.8) is 0 Å². The summed E-state index contributed by atoms with van der Waals surface area (Å²) in [5, 5.41) is 3.35. The van der Waals surface area contributed by atoms with E-state index < -0.39 is 0 Å². The fourth-order valence-corrected chi connectivity index (χ4v) is 2.94. The van der Waals surface area contributed by atoms with Crippen molar-refractivity contribution in [1.82, 2.24) is 15.3 Å². The molecule has 0 amide bonds. The van der Waals surface area contributed by atoms with Gasteiger partial charge in [-0.25, -0.2) is 9.97 Å². The molecule has 1 aromatic heterocycles. The molecule has 3 heterocycles. The first-order chi connectivity index (χ1) is 9.22. The van der Waals surface area contributed by atoms with Gasteiger partial charge in [0.05, 0.1) is 17.9 Å². The molecule has 0 aromatic carbocycles. The molecule has 0 aliphatic carbocycles. The maximum absolute atomic E-state index is 6.12. The Kier molecular flexibility index (Phi) is 3.66. The molecule has 0 spiro atoms. The van der Waals surface area contributed by atoms with Gasteiger partial charge in [-0.3, -0.25) is 0 Å². The molecule has 1 N–H and O–H groups in total. The minimum Gasteiger partial charge on any atom is -0.474 e. The van der Waals surface area contributed by atoms with Crippen LogP contribution in [0.25, 0.3) is 0 Å². The molecule has 19 heavy (non-hydrogen) atoms. The first kappa shape index (κ1) is 12.8. The largest absolute Gasteiger partial charge is 0.474 e. The highest BCUT2D eigenvalue weighted by atomic mass is 16.5. The lowest BCUT2D eigenvalue weighted by atomic mass is 10.0. The van der Waals surface area contributed by atoms with Crippen molar-refractivity contribution in [3.8, 4) is 5.88 Å². The minimum atomic E-state index is 0.194. The number of hydrogen-bond donors (Lipinski definition) is 1. The van der Waals surface area contributed by atoms with Gasteiger partial charge < -0.3 is 14.8 Å². The Hall–Kier alpha value is -1.20. The van der Waals surface area contributed by atoms with Crippen molar-refractivity contribution >= 4 is 0 Å². The Bertz CT molecular complexity index is 442. The van der Waals surface area contributed by atoms with Crippen LogP contribution in [0.15, 0.2) is 6.33 Å². The summed E-state index contributed by atoms with van der Waals surface area (Å²) in [5.74, 6) is 0.753. The van der Waals surface area contributed by atoms with Gasteiger partial charge >= 0.3 is 0 Å². The molecule has 2 unspecified atom stereocenters. The molecule has 0 bridgehead atoms. The van der Waals surface area contributed by atoms with E-state index in [1.165, 1.54) is 0 Å². The average Bonchev–Trinajstić information content (AvgIpc) is 2.38. The van der Waals surface area contributed by atoms with Gasteiger partial charge in [0.15, 0.2) is 0 Å². The summed E-state index contributed by atoms with van der Waals surface area (Å²) in [7, 11) is 0. The summed E-state index contributed by atoms with van der Waals surface area (Å²) in [5.41, 5.74) is 2.25. The lowest BCUT2D eigenvalue weighted by Crippen LogP contribution is -2.36. The number of rotatable bonds is 2. The van der Waals surface area contributed by atoms with Gasteiger partial charge in [-0.05, 0) is 13.8 Å². The third-order valence-electron chi connectivity index (χ3n) is 3.77. The van der Waals surface area contributed by atoms with Crippen LogP contribution < -0.4 is 10.1 Å². The van der Waals surface area contributed by atoms with Crippen LogP contribution in [0.5, 0.6) is 5.88 Å². The minimum absolute atomic E-state index is 0.194. The number of aromatic nitrogens is 2. The van der Waals surface area contributed by atoms with Crippen molar-refractivity contribution in [2.24, 2.45) is 0 Å². The second kappa shape index (κ2) is 5.43. The normalized spacial score (nSPS) is 30.7. The van der Waals surface area contributed by atoms with Gasteiger partial charge in [-0.1, -0.05) is 0 Å². The number of nitrogens with zero attached hydrogens (tertiary/aromatic N) is 2. The highest BCUT2D eigenvalue weighted by molar-refractivity contribution is 5.31. The van der Waals surface area contributed by atoms with Gasteiger partial charge in [-0.2, -0.15) is 0 Å². The van der Waals surface area contributed by atoms with Gasteiger partial charge in [0.2, 0.25) is 5.88 Å². The number of ether oxygens (including phenoxy) is 2. The number of hydrogen-bond acceptors (Lipinski definition) is 5. The predicted octanol–water partition coefficient (Wildman–Crippen LogP) is 1.46. The van der Waals surface area contributed by atoms with Crippen LogP contribution in [-0.4, -0.2) is 34.8 Å². The third kappa shape index (κ3) is 2.87. The van der Waals surface area contributed by atoms with Crippen LogP contribution >= 0.6 is 0 Å². The van der Waals surface area contributed by atoms with Crippen LogP contribution in [0.1, 0.15) is 37.9 Å². The lowest BCUT2D eigenvalue weighted by Gasteiger charge is -2.32. The van der Waals surface area contributed by atoms with Crippen LogP contribution in [0, 0.1) is 0 Å². The van der Waals surface area contributed by atoms with Crippen molar-refractivity contribution in [1.29, 1.82) is 0 Å². The molecule has 0 radical (unpaired) electrons. The van der Waals surface area contributed by atoms with Crippen LogP contribution in [0.4, 0.5) is 0 Å². The highest BCUT2D eigenvalue weighted by Gasteiger charge is 2.27. The molecule has 0 saturated carbocycles. The SMILES string of the molecule is CC1CC(Oc2ncnc3c2CNCC3)CC(C)O1. The van der Waals surface area contributed by atoms with E-state index in [9.17, 15) is 0 Å². The van der Waals surface area contributed by atoms with Crippen molar-refractivity contribution in [2.75, 3.05) is 6.54 Å². The second-order valence-electron chi connectivity index (χ2n) is 5.50. The summed E-state index contributed by atoms with van der Waals surface area (Å²) >= 11 is 0.